The molecule has 0 bridgehead atoms. The van der Waals surface area contributed by atoms with E-state index in [9.17, 15) is 4.79 Å². The second-order valence-corrected chi connectivity index (χ2v) is 5.73. The van der Waals surface area contributed by atoms with E-state index < -0.39 is 0 Å². The van der Waals surface area contributed by atoms with Crippen molar-refractivity contribution in [2.75, 3.05) is 11.9 Å². The van der Waals surface area contributed by atoms with Crippen LogP contribution in [0.1, 0.15) is 12.2 Å². The molecule has 8 heteroatoms. The van der Waals surface area contributed by atoms with E-state index in [0.717, 1.165) is 5.69 Å². The number of rotatable bonds is 6. The molecule has 0 aliphatic rings. The van der Waals surface area contributed by atoms with Gasteiger partial charge in [-0.05, 0) is 59.8 Å². The fraction of sp³-hybridized carbons (Fsp3) is 0.176. The summed E-state index contributed by atoms with van der Waals surface area (Å²) in [6, 6.07) is 14.3. The minimum absolute atomic E-state index is 0.139. The first-order chi connectivity index (χ1) is 12.1. The predicted octanol–water partition coefficient (Wildman–Crippen LogP) is 3.03. The number of anilines is 1. The van der Waals surface area contributed by atoms with E-state index in [1.807, 2.05) is 12.1 Å². The summed E-state index contributed by atoms with van der Waals surface area (Å²) in [5.41, 5.74) is 1.45. The van der Waals surface area contributed by atoms with Gasteiger partial charge in [-0.15, -0.1) is 5.10 Å². The fourth-order valence-electron chi connectivity index (χ4n) is 2.20. The molecule has 0 spiro atoms. The van der Waals surface area contributed by atoms with Crippen LogP contribution in [-0.2, 0) is 4.79 Å². The highest BCUT2D eigenvalue weighted by atomic mass is 35.5. The zero-order valence-electron chi connectivity index (χ0n) is 13.5. The van der Waals surface area contributed by atoms with Crippen LogP contribution in [0.3, 0.4) is 0 Å². The number of ether oxygens (including phenoxy) is 1. The molecule has 0 atom stereocenters. The predicted molar refractivity (Wildman–Crippen MR) is 94.1 cm³/mol. The van der Waals surface area contributed by atoms with Gasteiger partial charge in [0.15, 0.2) is 5.82 Å². The molecule has 0 saturated heterocycles. The smallest absolute Gasteiger partial charge is 0.227 e. The number of hydrogen-bond donors (Lipinski definition) is 1. The van der Waals surface area contributed by atoms with Crippen LogP contribution in [0, 0.1) is 6.92 Å². The number of hydrogen-bond acceptors (Lipinski definition) is 5. The maximum atomic E-state index is 12.1. The van der Waals surface area contributed by atoms with Gasteiger partial charge < -0.3 is 10.1 Å². The van der Waals surface area contributed by atoms with Crippen molar-refractivity contribution in [3.05, 3.63) is 59.4 Å². The molecule has 0 aliphatic heterocycles. The van der Waals surface area contributed by atoms with Crippen LogP contribution in [0.25, 0.3) is 5.69 Å². The summed E-state index contributed by atoms with van der Waals surface area (Å²) in [6.07, 6.45) is 0.233. The first-order valence-corrected chi connectivity index (χ1v) is 8.03. The molecule has 3 rings (SSSR count). The molecule has 0 fully saturated rings. The van der Waals surface area contributed by atoms with Crippen LogP contribution < -0.4 is 10.1 Å². The molecule has 1 heterocycles. The molecule has 0 saturated carbocycles. The van der Waals surface area contributed by atoms with Gasteiger partial charge in [0.05, 0.1) is 18.7 Å². The van der Waals surface area contributed by atoms with Crippen molar-refractivity contribution < 1.29 is 9.53 Å². The lowest BCUT2D eigenvalue weighted by molar-refractivity contribution is -0.116. The topological polar surface area (TPSA) is 81.9 Å². The summed E-state index contributed by atoms with van der Waals surface area (Å²) in [7, 11) is 0. The largest absolute Gasteiger partial charge is 0.493 e. The van der Waals surface area contributed by atoms with E-state index in [4.69, 9.17) is 16.3 Å². The van der Waals surface area contributed by atoms with Gasteiger partial charge in [0.25, 0.3) is 0 Å². The van der Waals surface area contributed by atoms with Gasteiger partial charge in [-0.1, -0.05) is 17.7 Å². The number of benzene rings is 2. The zero-order chi connectivity index (χ0) is 17.6. The number of nitrogens with one attached hydrogen (secondary N) is 1. The van der Waals surface area contributed by atoms with Crippen molar-refractivity contribution in [2.45, 2.75) is 13.3 Å². The van der Waals surface area contributed by atoms with Crippen LogP contribution in [0.2, 0.25) is 5.02 Å². The normalized spacial score (nSPS) is 10.5. The molecule has 0 aliphatic carbocycles. The number of amides is 1. The summed E-state index contributed by atoms with van der Waals surface area (Å²) in [4.78, 5) is 12.1. The van der Waals surface area contributed by atoms with Gasteiger partial charge in [0.1, 0.15) is 5.75 Å². The highest BCUT2D eigenvalue weighted by Gasteiger charge is 2.07. The number of tetrazole rings is 1. The van der Waals surface area contributed by atoms with Crippen LogP contribution in [0.4, 0.5) is 5.69 Å². The molecule has 0 unspecified atom stereocenters. The summed E-state index contributed by atoms with van der Waals surface area (Å²) in [5.74, 6) is 1.20. The van der Waals surface area contributed by atoms with Gasteiger partial charge in [0.2, 0.25) is 5.91 Å². The van der Waals surface area contributed by atoms with Gasteiger partial charge in [-0.25, -0.2) is 0 Å². The van der Waals surface area contributed by atoms with Crippen molar-refractivity contribution in [2.24, 2.45) is 0 Å². The van der Waals surface area contributed by atoms with E-state index >= 15 is 0 Å². The van der Waals surface area contributed by atoms with Crippen molar-refractivity contribution in [3.63, 3.8) is 0 Å². The van der Waals surface area contributed by atoms with Gasteiger partial charge in [-0.2, -0.15) is 4.68 Å². The van der Waals surface area contributed by atoms with E-state index in [1.165, 1.54) is 0 Å². The minimum atomic E-state index is -0.139. The Balaban J connectivity index is 1.54. The Morgan fingerprint density at radius 3 is 2.76 bits per heavy atom. The lowest BCUT2D eigenvalue weighted by Crippen LogP contribution is -2.15. The van der Waals surface area contributed by atoms with Gasteiger partial charge >= 0.3 is 0 Å². The summed E-state index contributed by atoms with van der Waals surface area (Å²) < 4.78 is 7.11. The van der Waals surface area contributed by atoms with Crippen molar-refractivity contribution in [3.8, 4) is 11.4 Å². The molecule has 1 amide bonds. The second kappa shape index (κ2) is 7.76. The first kappa shape index (κ1) is 16.9. The maximum Gasteiger partial charge on any atom is 0.227 e. The molecule has 2 aromatic carbocycles. The maximum absolute atomic E-state index is 12.1. The molecule has 128 valence electrons. The Labute approximate surface area is 149 Å². The summed E-state index contributed by atoms with van der Waals surface area (Å²) in [6.45, 7) is 2.08. The molecular formula is C17H16ClN5O2. The van der Waals surface area contributed by atoms with E-state index in [0.29, 0.717) is 22.3 Å². The van der Waals surface area contributed by atoms with Crippen molar-refractivity contribution in [1.29, 1.82) is 0 Å². The number of carbonyl (C=O) groups excluding carboxylic acids is 1. The van der Waals surface area contributed by atoms with Gasteiger partial charge in [0, 0.05) is 10.7 Å². The zero-order valence-corrected chi connectivity index (χ0v) is 14.3. The SMILES string of the molecule is Cc1nnnn1-c1cccc(NC(=O)CCOc2ccc(Cl)cc2)c1. The van der Waals surface area contributed by atoms with E-state index in [1.54, 1.807) is 48.0 Å². The summed E-state index contributed by atoms with van der Waals surface area (Å²) >= 11 is 5.81. The number of halogens is 1. The molecular weight excluding hydrogens is 342 g/mol. The Morgan fingerprint density at radius 2 is 2.04 bits per heavy atom. The van der Waals surface area contributed by atoms with Crippen LogP contribution in [0.15, 0.2) is 48.5 Å². The average Bonchev–Trinajstić information content (AvgIpc) is 3.03. The highest BCUT2D eigenvalue weighted by molar-refractivity contribution is 6.30. The molecule has 1 aromatic heterocycles. The van der Waals surface area contributed by atoms with Crippen LogP contribution >= 0.6 is 11.6 Å². The van der Waals surface area contributed by atoms with Crippen LogP contribution in [-0.4, -0.2) is 32.7 Å². The fourth-order valence-corrected chi connectivity index (χ4v) is 2.33. The van der Waals surface area contributed by atoms with Gasteiger partial charge in [-0.3, -0.25) is 4.79 Å². The lowest BCUT2D eigenvalue weighted by Gasteiger charge is -2.09. The third-order valence-electron chi connectivity index (χ3n) is 3.41. The highest BCUT2D eigenvalue weighted by Crippen LogP contribution is 2.17. The number of carbonyl (C=O) groups is 1. The lowest BCUT2D eigenvalue weighted by atomic mass is 10.2. The van der Waals surface area contributed by atoms with Crippen molar-refractivity contribution in [1.82, 2.24) is 20.2 Å². The molecule has 3 aromatic rings. The molecule has 1 N–H and O–H groups in total. The Kier molecular flexibility index (Phi) is 5.25. The Bertz CT molecular complexity index is 863. The monoisotopic (exact) mass is 357 g/mol. The van der Waals surface area contributed by atoms with E-state index in [-0.39, 0.29) is 18.9 Å². The van der Waals surface area contributed by atoms with Crippen LogP contribution in [0.5, 0.6) is 5.75 Å². The number of aromatic nitrogens is 4. The van der Waals surface area contributed by atoms with Crippen molar-refractivity contribution >= 4 is 23.2 Å². The molecule has 7 nitrogen and oxygen atoms in total. The average molecular weight is 358 g/mol. The summed E-state index contributed by atoms with van der Waals surface area (Å²) in [5, 5.41) is 14.8. The molecule has 25 heavy (non-hydrogen) atoms. The number of nitrogens with zero attached hydrogens (tertiary/aromatic N) is 4. The number of aryl methyl sites for hydroxylation is 1. The third-order valence-corrected chi connectivity index (χ3v) is 3.66. The Morgan fingerprint density at radius 1 is 1.24 bits per heavy atom. The van der Waals surface area contributed by atoms with E-state index in [2.05, 4.69) is 20.8 Å². The molecule has 0 radical (unpaired) electrons. The second-order valence-electron chi connectivity index (χ2n) is 5.29. The third kappa shape index (κ3) is 4.54. The Hall–Kier alpha value is -2.93. The quantitative estimate of drug-likeness (QED) is 0.733. The standard InChI is InChI=1S/C17H16ClN5O2/c1-12-20-21-22-23(12)15-4-2-3-14(11-15)19-17(24)9-10-25-16-7-5-13(18)6-8-16/h2-8,11H,9-10H2,1H3,(H,19,24). The minimum Gasteiger partial charge on any atom is -0.493 e. The first-order valence-electron chi connectivity index (χ1n) is 7.65.